The third-order valence-corrected chi connectivity index (χ3v) is 5.13. The van der Waals surface area contributed by atoms with Crippen LogP contribution in [0.1, 0.15) is 18.9 Å². The largest absolute Gasteiger partial charge is 0.497 e. The van der Waals surface area contributed by atoms with Crippen molar-refractivity contribution in [1.82, 2.24) is 15.0 Å². The van der Waals surface area contributed by atoms with E-state index in [2.05, 4.69) is 39.0 Å². The summed E-state index contributed by atoms with van der Waals surface area (Å²) in [6.45, 7) is 5.98. The summed E-state index contributed by atoms with van der Waals surface area (Å²) in [5.41, 5.74) is 2.20. The van der Waals surface area contributed by atoms with Gasteiger partial charge in [0.1, 0.15) is 5.75 Å². The highest BCUT2D eigenvalue weighted by Crippen LogP contribution is 2.25. The topological polar surface area (TPSA) is 54.6 Å². The number of ether oxygens (including phenoxy) is 1. The van der Waals surface area contributed by atoms with Crippen molar-refractivity contribution in [2.24, 2.45) is 0 Å². The minimum Gasteiger partial charge on any atom is -0.497 e. The molecule has 4 rings (SSSR count). The predicted octanol–water partition coefficient (Wildman–Crippen LogP) is 3.63. The summed E-state index contributed by atoms with van der Waals surface area (Å²) < 4.78 is 10.8. The van der Waals surface area contributed by atoms with Crippen LogP contribution >= 0.6 is 0 Å². The highest BCUT2D eigenvalue weighted by atomic mass is 16.5. The molecule has 2 heterocycles. The molecule has 0 N–H and O–H groups in total. The van der Waals surface area contributed by atoms with E-state index in [4.69, 9.17) is 9.26 Å². The Morgan fingerprint density at radius 1 is 0.963 bits per heavy atom. The van der Waals surface area contributed by atoms with Crippen molar-refractivity contribution < 1.29 is 9.26 Å². The number of aromatic nitrogens is 2. The quantitative estimate of drug-likeness (QED) is 0.689. The molecular formula is C21H24N4O2. The van der Waals surface area contributed by atoms with Gasteiger partial charge in [-0.1, -0.05) is 35.5 Å². The molecule has 1 unspecified atom stereocenters. The molecule has 0 aliphatic carbocycles. The second kappa shape index (κ2) is 7.80. The minimum atomic E-state index is 0.105. The summed E-state index contributed by atoms with van der Waals surface area (Å²) in [7, 11) is 1.69. The highest BCUT2D eigenvalue weighted by Gasteiger charge is 2.26. The second-order valence-corrected chi connectivity index (χ2v) is 6.72. The fourth-order valence-corrected chi connectivity index (χ4v) is 3.43. The first-order valence-electron chi connectivity index (χ1n) is 9.26. The molecule has 0 spiro atoms. The Balaban J connectivity index is 1.38. The highest BCUT2D eigenvalue weighted by molar-refractivity contribution is 5.53. The van der Waals surface area contributed by atoms with Crippen LogP contribution in [0, 0.1) is 0 Å². The average molecular weight is 364 g/mol. The number of hydrogen-bond donors (Lipinski definition) is 0. The maximum Gasteiger partial charge on any atom is 0.244 e. The Morgan fingerprint density at radius 2 is 1.67 bits per heavy atom. The number of hydrogen-bond acceptors (Lipinski definition) is 6. The number of rotatable bonds is 5. The van der Waals surface area contributed by atoms with E-state index in [0.29, 0.717) is 11.7 Å². The molecule has 0 saturated carbocycles. The van der Waals surface area contributed by atoms with Gasteiger partial charge in [0.25, 0.3) is 0 Å². The van der Waals surface area contributed by atoms with Crippen molar-refractivity contribution >= 4 is 5.69 Å². The Bertz CT molecular complexity index is 855. The van der Waals surface area contributed by atoms with Crippen molar-refractivity contribution in [3.05, 3.63) is 60.5 Å². The van der Waals surface area contributed by atoms with Crippen LogP contribution in [0.2, 0.25) is 0 Å². The van der Waals surface area contributed by atoms with Gasteiger partial charge in [0.15, 0.2) is 0 Å². The van der Waals surface area contributed by atoms with Gasteiger partial charge in [-0.2, -0.15) is 4.98 Å². The summed E-state index contributed by atoms with van der Waals surface area (Å²) >= 11 is 0. The van der Waals surface area contributed by atoms with Crippen molar-refractivity contribution in [3.8, 4) is 17.1 Å². The number of nitrogens with zero attached hydrogens (tertiary/aromatic N) is 4. The third kappa shape index (κ3) is 3.80. The van der Waals surface area contributed by atoms with Gasteiger partial charge in [-0.25, -0.2) is 0 Å². The molecule has 3 aromatic rings. The van der Waals surface area contributed by atoms with Gasteiger partial charge < -0.3 is 14.2 Å². The molecule has 1 atom stereocenters. The van der Waals surface area contributed by atoms with Crippen molar-refractivity contribution in [1.29, 1.82) is 0 Å². The van der Waals surface area contributed by atoms with E-state index < -0.39 is 0 Å². The summed E-state index contributed by atoms with van der Waals surface area (Å²) in [6.07, 6.45) is 0. The van der Waals surface area contributed by atoms with Gasteiger partial charge in [0.2, 0.25) is 11.7 Å². The minimum absolute atomic E-state index is 0.105. The van der Waals surface area contributed by atoms with E-state index in [9.17, 15) is 0 Å². The standard InChI is InChI=1S/C21H24N4O2/c1-16(21-22-20(23-27-21)17-6-4-3-5-7-17)24-12-14-25(15-13-24)18-8-10-19(26-2)11-9-18/h3-11,16H,12-15H2,1-2H3. The van der Waals surface area contributed by atoms with Crippen LogP contribution in [0.25, 0.3) is 11.4 Å². The molecule has 1 fully saturated rings. The molecular weight excluding hydrogens is 340 g/mol. The lowest BCUT2D eigenvalue weighted by molar-refractivity contribution is 0.164. The van der Waals surface area contributed by atoms with Gasteiger partial charge in [0, 0.05) is 37.4 Å². The van der Waals surface area contributed by atoms with Crippen LogP contribution in [-0.2, 0) is 0 Å². The molecule has 0 amide bonds. The smallest absolute Gasteiger partial charge is 0.244 e. The number of anilines is 1. The second-order valence-electron chi connectivity index (χ2n) is 6.72. The van der Waals surface area contributed by atoms with Gasteiger partial charge >= 0.3 is 0 Å². The van der Waals surface area contributed by atoms with E-state index in [1.165, 1.54) is 5.69 Å². The summed E-state index contributed by atoms with van der Waals surface area (Å²) in [5.74, 6) is 2.21. The van der Waals surface area contributed by atoms with Crippen LogP contribution < -0.4 is 9.64 Å². The molecule has 1 aromatic heterocycles. The Kier molecular flexibility index (Phi) is 5.07. The number of benzene rings is 2. The first-order chi connectivity index (χ1) is 13.2. The number of methoxy groups -OCH3 is 1. The van der Waals surface area contributed by atoms with Crippen LogP contribution in [0.3, 0.4) is 0 Å². The van der Waals surface area contributed by atoms with Crippen LogP contribution in [0.15, 0.2) is 59.1 Å². The van der Waals surface area contributed by atoms with Crippen molar-refractivity contribution in [2.75, 3.05) is 38.2 Å². The fourth-order valence-electron chi connectivity index (χ4n) is 3.43. The zero-order chi connectivity index (χ0) is 18.6. The molecule has 27 heavy (non-hydrogen) atoms. The lowest BCUT2D eigenvalue weighted by Gasteiger charge is -2.38. The number of piperazine rings is 1. The molecule has 0 bridgehead atoms. The van der Waals surface area contributed by atoms with E-state index in [1.54, 1.807) is 7.11 Å². The van der Waals surface area contributed by atoms with Crippen LogP contribution in [0.5, 0.6) is 5.75 Å². The van der Waals surface area contributed by atoms with Crippen molar-refractivity contribution in [2.45, 2.75) is 13.0 Å². The monoisotopic (exact) mass is 364 g/mol. The zero-order valence-corrected chi connectivity index (χ0v) is 15.7. The molecule has 1 aliphatic heterocycles. The van der Waals surface area contributed by atoms with Gasteiger partial charge in [0.05, 0.1) is 13.2 Å². The Labute approximate surface area is 159 Å². The summed E-state index contributed by atoms with van der Waals surface area (Å²) in [4.78, 5) is 9.39. The SMILES string of the molecule is COc1ccc(N2CCN(C(C)c3nc(-c4ccccc4)no3)CC2)cc1. The van der Waals surface area contributed by atoms with Crippen LogP contribution in [0.4, 0.5) is 5.69 Å². The van der Waals surface area contributed by atoms with E-state index in [-0.39, 0.29) is 6.04 Å². The maximum absolute atomic E-state index is 5.54. The van der Waals surface area contributed by atoms with E-state index >= 15 is 0 Å². The summed E-state index contributed by atoms with van der Waals surface area (Å²) in [5, 5.41) is 4.15. The normalized spacial score (nSPS) is 16.3. The molecule has 140 valence electrons. The average Bonchev–Trinajstić information content (AvgIpc) is 3.24. The fraction of sp³-hybridized carbons (Fsp3) is 0.333. The maximum atomic E-state index is 5.54. The molecule has 1 saturated heterocycles. The Hall–Kier alpha value is -2.86. The lowest BCUT2D eigenvalue weighted by atomic mass is 10.2. The molecule has 6 nitrogen and oxygen atoms in total. The van der Waals surface area contributed by atoms with E-state index in [0.717, 1.165) is 37.5 Å². The first kappa shape index (κ1) is 17.5. The molecule has 6 heteroatoms. The molecule has 2 aromatic carbocycles. The predicted molar refractivity (Wildman–Crippen MR) is 105 cm³/mol. The van der Waals surface area contributed by atoms with Crippen LogP contribution in [-0.4, -0.2) is 48.3 Å². The zero-order valence-electron chi connectivity index (χ0n) is 15.7. The van der Waals surface area contributed by atoms with E-state index in [1.807, 2.05) is 42.5 Å². The molecule has 1 aliphatic rings. The molecule has 0 radical (unpaired) electrons. The van der Waals surface area contributed by atoms with Gasteiger partial charge in [-0.15, -0.1) is 0 Å². The van der Waals surface area contributed by atoms with Crippen molar-refractivity contribution in [3.63, 3.8) is 0 Å². The van der Waals surface area contributed by atoms with Gasteiger partial charge in [-0.05, 0) is 31.2 Å². The third-order valence-electron chi connectivity index (χ3n) is 5.13. The first-order valence-corrected chi connectivity index (χ1v) is 9.26. The summed E-state index contributed by atoms with van der Waals surface area (Å²) in [6, 6.07) is 18.3. The lowest BCUT2D eigenvalue weighted by Crippen LogP contribution is -2.47. The Morgan fingerprint density at radius 3 is 2.33 bits per heavy atom. The van der Waals surface area contributed by atoms with Gasteiger partial charge in [-0.3, -0.25) is 4.90 Å².